The molecule has 4 heteroatoms. The Morgan fingerprint density at radius 2 is 2.29 bits per heavy atom. The van der Waals surface area contributed by atoms with Crippen LogP contribution >= 0.6 is 11.3 Å². The van der Waals surface area contributed by atoms with Crippen molar-refractivity contribution in [2.24, 2.45) is 0 Å². The Balaban J connectivity index is 1.64. The van der Waals surface area contributed by atoms with E-state index in [9.17, 15) is 0 Å². The minimum atomic E-state index is 0.607. The van der Waals surface area contributed by atoms with Crippen molar-refractivity contribution in [2.45, 2.75) is 25.3 Å². The van der Waals surface area contributed by atoms with E-state index in [2.05, 4.69) is 33.8 Å². The summed E-state index contributed by atoms with van der Waals surface area (Å²) in [6, 6.07) is 8.89. The molecule has 0 bridgehead atoms. The largest absolute Gasteiger partial charge is 0.360 e. The maximum absolute atomic E-state index is 4.58. The summed E-state index contributed by atoms with van der Waals surface area (Å²) in [6.45, 7) is 2.14. The Hall–Kier alpha value is -1.13. The summed E-state index contributed by atoms with van der Waals surface area (Å²) >= 11 is 1.74. The average Bonchev–Trinajstić information content (AvgIpc) is 2.80. The van der Waals surface area contributed by atoms with Crippen LogP contribution in [-0.4, -0.2) is 24.1 Å². The first-order chi connectivity index (χ1) is 8.42. The molecule has 0 saturated carbocycles. The molecule has 1 aliphatic rings. The van der Waals surface area contributed by atoms with Gasteiger partial charge in [-0.3, -0.25) is 0 Å². The predicted octanol–water partition coefficient (Wildman–Crippen LogP) is 2.85. The van der Waals surface area contributed by atoms with Crippen molar-refractivity contribution in [3.05, 3.63) is 24.3 Å². The van der Waals surface area contributed by atoms with Crippen LogP contribution in [0.5, 0.6) is 0 Å². The summed E-state index contributed by atoms with van der Waals surface area (Å²) in [5, 5.41) is 8.03. The fraction of sp³-hybridized carbons (Fsp3) is 0.462. The van der Waals surface area contributed by atoms with E-state index in [1.807, 2.05) is 6.07 Å². The summed E-state index contributed by atoms with van der Waals surface area (Å²) < 4.78 is 1.26. The Bertz CT molecular complexity index is 455. The number of thiazole rings is 1. The maximum Gasteiger partial charge on any atom is 0.183 e. The van der Waals surface area contributed by atoms with Crippen molar-refractivity contribution < 1.29 is 0 Å². The molecule has 2 aromatic rings. The van der Waals surface area contributed by atoms with E-state index in [0.29, 0.717) is 6.04 Å². The molecule has 1 aliphatic heterocycles. The van der Waals surface area contributed by atoms with Gasteiger partial charge in [-0.1, -0.05) is 29.9 Å². The van der Waals surface area contributed by atoms with Gasteiger partial charge in [-0.2, -0.15) is 0 Å². The molecule has 17 heavy (non-hydrogen) atoms. The second-order valence-corrected chi connectivity index (χ2v) is 5.55. The van der Waals surface area contributed by atoms with Gasteiger partial charge in [0, 0.05) is 12.6 Å². The van der Waals surface area contributed by atoms with Gasteiger partial charge in [0.2, 0.25) is 0 Å². The molecule has 1 atom stereocenters. The van der Waals surface area contributed by atoms with Crippen LogP contribution in [0.1, 0.15) is 19.3 Å². The summed E-state index contributed by atoms with van der Waals surface area (Å²) in [4.78, 5) is 4.58. The van der Waals surface area contributed by atoms with Crippen LogP contribution in [0.25, 0.3) is 10.2 Å². The SMILES string of the molecule is c1ccc2sc(NCC3CCCCN3)nc2c1. The van der Waals surface area contributed by atoms with Crippen LogP contribution in [-0.2, 0) is 0 Å². The minimum Gasteiger partial charge on any atom is -0.360 e. The van der Waals surface area contributed by atoms with E-state index in [4.69, 9.17) is 0 Å². The molecule has 90 valence electrons. The number of fused-ring (bicyclic) bond motifs is 1. The van der Waals surface area contributed by atoms with Gasteiger partial charge in [0.1, 0.15) is 0 Å². The third-order valence-corrected chi connectivity index (χ3v) is 4.20. The average molecular weight is 247 g/mol. The first-order valence-electron chi connectivity index (χ1n) is 6.25. The first-order valence-corrected chi connectivity index (χ1v) is 7.06. The smallest absolute Gasteiger partial charge is 0.183 e. The zero-order valence-corrected chi connectivity index (χ0v) is 10.6. The standard InChI is InChI=1S/C13H17N3S/c1-2-7-12-11(6-1)16-13(17-12)15-9-10-5-3-4-8-14-10/h1-2,6-7,10,14H,3-5,8-9H2,(H,15,16). The highest BCUT2D eigenvalue weighted by Crippen LogP contribution is 2.25. The fourth-order valence-electron chi connectivity index (χ4n) is 2.26. The van der Waals surface area contributed by atoms with E-state index < -0.39 is 0 Å². The molecule has 1 aromatic heterocycles. The van der Waals surface area contributed by atoms with Gasteiger partial charge >= 0.3 is 0 Å². The van der Waals surface area contributed by atoms with Gasteiger partial charge < -0.3 is 10.6 Å². The second kappa shape index (κ2) is 5.02. The third-order valence-electron chi connectivity index (χ3n) is 3.21. The second-order valence-electron chi connectivity index (χ2n) is 4.51. The lowest BCUT2D eigenvalue weighted by molar-refractivity contribution is 0.414. The number of nitrogens with zero attached hydrogens (tertiary/aromatic N) is 1. The summed E-state index contributed by atoms with van der Waals surface area (Å²) in [5.41, 5.74) is 1.09. The Kier molecular flexibility index (Phi) is 3.25. The maximum atomic E-state index is 4.58. The van der Waals surface area contributed by atoms with Crippen molar-refractivity contribution in [3.8, 4) is 0 Å². The molecule has 1 fully saturated rings. The summed E-state index contributed by atoms with van der Waals surface area (Å²) in [7, 11) is 0. The molecule has 3 rings (SSSR count). The van der Waals surface area contributed by atoms with Crippen LogP contribution in [0.2, 0.25) is 0 Å². The molecule has 1 unspecified atom stereocenters. The van der Waals surface area contributed by atoms with E-state index >= 15 is 0 Å². The zero-order chi connectivity index (χ0) is 11.5. The number of nitrogens with one attached hydrogen (secondary N) is 2. The highest BCUT2D eigenvalue weighted by molar-refractivity contribution is 7.22. The lowest BCUT2D eigenvalue weighted by Crippen LogP contribution is -2.39. The van der Waals surface area contributed by atoms with Crippen LogP contribution < -0.4 is 10.6 Å². The molecule has 0 radical (unpaired) electrons. The summed E-state index contributed by atoms with van der Waals surface area (Å²) in [6.07, 6.45) is 3.94. The number of para-hydroxylation sites is 1. The monoisotopic (exact) mass is 247 g/mol. The van der Waals surface area contributed by atoms with Crippen molar-refractivity contribution in [1.82, 2.24) is 10.3 Å². The number of benzene rings is 1. The van der Waals surface area contributed by atoms with Gasteiger partial charge in [0.15, 0.2) is 5.13 Å². The van der Waals surface area contributed by atoms with Gasteiger partial charge in [-0.25, -0.2) is 4.98 Å². The molecule has 2 heterocycles. The van der Waals surface area contributed by atoms with Crippen molar-refractivity contribution in [3.63, 3.8) is 0 Å². The normalized spacial score (nSPS) is 20.6. The molecule has 0 aliphatic carbocycles. The molecule has 3 nitrogen and oxygen atoms in total. The number of anilines is 1. The molecule has 2 N–H and O–H groups in total. The van der Waals surface area contributed by atoms with Crippen molar-refractivity contribution in [2.75, 3.05) is 18.4 Å². The quantitative estimate of drug-likeness (QED) is 0.875. The van der Waals surface area contributed by atoms with Crippen molar-refractivity contribution >= 4 is 26.7 Å². The molecular weight excluding hydrogens is 230 g/mol. The van der Waals surface area contributed by atoms with Crippen LogP contribution in [0.15, 0.2) is 24.3 Å². The van der Waals surface area contributed by atoms with Crippen LogP contribution in [0.4, 0.5) is 5.13 Å². The lowest BCUT2D eigenvalue weighted by atomic mass is 10.1. The van der Waals surface area contributed by atoms with Gasteiger partial charge in [-0.15, -0.1) is 0 Å². The molecule has 0 amide bonds. The Labute approximate surface area is 105 Å². The highest BCUT2D eigenvalue weighted by Gasteiger charge is 2.12. The Morgan fingerprint density at radius 3 is 3.12 bits per heavy atom. The molecule has 0 spiro atoms. The minimum absolute atomic E-state index is 0.607. The van der Waals surface area contributed by atoms with E-state index in [1.54, 1.807) is 11.3 Å². The number of hydrogen-bond acceptors (Lipinski definition) is 4. The number of piperidine rings is 1. The zero-order valence-electron chi connectivity index (χ0n) is 9.78. The van der Waals surface area contributed by atoms with E-state index in [0.717, 1.165) is 23.7 Å². The van der Waals surface area contributed by atoms with Gasteiger partial charge in [-0.05, 0) is 31.5 Å². The Morgan fingerprint density at radius 1 is 1.35 bits per heavy atom. The highest BCUT2D eigenvalue weighted by atomic mass is 32.1. The number of hydrogen-bond donors (Lipinski definition) is 2. The lowest BCUT2D eigenvalue weighted by Gasteiger charge is -2.23. The number of rotatable bonds is 3. The van der Waals surface area contributed by atoms with Gasteiger partial charge in [0.25, 0.3) is 0 Å². The molecular formula is C13H17N3S. The van der Waals surface area contributed by atoms with Crippen LogP contribution in [0, 0.1) is 0 Å². The van der Waals surface area contributed by atoms with E-state index in [1.165, 1.54) is 24.0 Å². The van der Waals surface area contributed by atoms with Crippen molar-refractivity contribution in [1.29, 1.82) is 0 Å². The fourth-order valence-corrected chi connectivity index (χ4v) is 3.13. The molecule has 1 aromatic carbocycles. The topological polar surface area (TPSA) is 37.0 Å². The predicted molar refractivity (Wildman–Crippen MR) is 73.8 cm³/mol. The van der Waals surface area contributed by atoms with E-state index in [-0.39, 0.29) is 0 Å². The number of aromatic nitrogens is 1. The summed E-state index contributed by atoms with van der Waals surface area (Å²) in [5.74, 6) is 0. The molecule has 1 saturated heterocycles. The van der Waals surface area contributed by atoms with Gasteiger partial charge in [0.05, 0.1) is 10.2 Å². The first kappa shape index (κ1) is 11.0. The van der Waals surface area contributed by atoms with Crippen LogP contribution in [0.3, 0.4) is 0 Å². The third kappa shape index (κ3) is 2.58.